The van der Waals surface area contributed by atoms with Crippen molar-refractivity contribution in [3.8, 4) is 0 Å². The molecular formula is C15H16N4. The first-order chi connectivity index (χ1) is 9.25. The Morgan fingerprint density at radius 1 is 1.26 bits per heavy atom. The zero-order valence-electron chi connectivity index (χ0n) is 10.6. The smallest absolute Gasteiger partial charge is 0.106 e. The highest BCUT2D eigenvalue weighted by Crippen LogP contribution is 2.26. The van der Waals surface area contributed by atoms with Crippen LogP contribution in [0.5, 0.6) is 0 Å². The fraction of sp³-hybridized carbons (Fsp3) is 0.200. The van der Waals surface area contributed by atoms with E-state index in [0.29, 0.717) is 11.5 Å². The van der Waals surface area contributed by atoms with Crippen molar-refractivity contribution in [2.24, 2.45) is 5.73 Å². The van der Waals surface area contributed by atoms with E-state index in [2.05, 4.69) is 10.3 Å². The average Bonchev–Trinajstić information content (AvgIpc) is 2.85. The van der Waals surface area contributed by atoms with Crippen LogP contribution >= 0.6 is 0 Å². The van der Waals surface area contributed by atoms with E-state index in [0.717, 1.165) is 41.3 Å². The largest absolute Gasteiger partial charge is 0.385 e. The van der Waals surface area contributed by atoms with Crippen LogP contribution in [0.3, 0.4) is 0 Å². The summed E-state index contributed by atoms with van der Waals surface area (Å²) in [7, 11) is 0. The van der Waals surface area contributed by atoms with Gasteiger partial charge in [-0.2, -0.15) is 0 Å². The number of fused-ring (bicyclic) bond motifs is 1. The highest BCUT2D eigenvalue weighted by molar-refractivity contribution is 6.01. The molecule has 0 unspecified atom stereocenters. The molecule has 0 bridgehead atoms. The summed E-state index contributed by atoms with van der Waals surface area (Å²) in [5, 5.41) is 13.3. The molecule has 0 spiro atoms. The number of anilines is 1. The van der Waals surface area contributed by atoms with Gasteiger partial charge in [0.1, 0.15) is 5.82 Å². The fourth-order valence-electron chi connectivity index (χ4n) is 2.49. The zero-order chi connectivity index (χ0) is 13.2. The van der Waals surface area contributed by atoms with Crippen LogP contribution in [0.4, 0.5) is 5.69 Å². The molecule has 0 aliphatic heterocycles. The molecule has 4 heteroatoms. The number of nitrogens with one attached hydrogen (secondary N) is 2. The number of nitrogens with two attached hydrogens (primary N) is 1. The number of hydrogen-bond acceptors (Lipinski definition) is 4. The van der Waals surface area contributed by atoms with E-state index in [4.69, 9.17) is 11.1 Å². The van der Waals surface area contributed by atoms with Crippen LogP contribution in [-0.2, 0) is 0 Å². The lowest BCUT2D eigenvalue weighted by Gasteiger charge is -2.12. The van der Waals surface area contributed by atoms with E-state index in [-0.39, 0.29) is 0 Å². The second-order valence-corrected chi connectivity index (χ2v) is 4.75. The minimum Gasteiger partial charge on any atom is -0.385 e. The standard InChI is InChI=1S/C15H16N4/c16-13-5-2-4-12(13)15(17)19-14-6-1-3-10-9-18-8-7-11(10)14/h1,3,6-9,16,19H,2,4-5,17H2/b15-12-,16-13?. The van der Waals surface area contributed by atoms with Gasteiger partial charge in [0.25, 0.3) is 0 Å². The number of pyridine rings is 1. The predicted octanol–water partition coefficient (Wildman–Crippen LogP) is 3.02. The summed E-state index contributed by atoms with van der Waals surface area (Å²) >= 11 is 0. The molecule has 1 aliphatic rings. The molecule has 1 heterocycles. The number of aromatic nitrogens is 1. The number of benzene rings is 1. The van der Waals surface area contributed by atoms with Crippen molar-refractivity contribution in [1.82, 2.24) is 4.98 Å². The SMILES string of the molecule is N=C1CCC/C1=C(\N)Nc1cccc2cnccc12. The summed E-state index contributed by atoms with van der Waals surface area (Å²) in [5.41, 5.74) is 8.68. The van der Waals surface area contributed by atoms with Crippen LogP contribution in [0.25, 0.3) is 10.8 Å². The minimum absolute atomic E-state index is 0.604. The van der Waals surface area contributed by atoms with Crippen molar-refractivity contribution < 1.29 is 0 Å². The van der Waals surface area contributed by atoms with E-state index in [1.54, 1.807) is 6.20 Å². The van der Waals surface area contributed by atoms with E-state index < -0.39 is 0 Å². The number of nitrogens with zero attached hydrogens (tertiary/aromatic N) is 1. The first kappa shape index (κ1) is 11.7. The number of allylic oxidation sites excluding steroid dienone is 1. The Bertz CT molecular complexity index is 667. The van der Waals surface area contributed by atoms with E-state index in [1.807, 2.05) is 30.5 Å². The first-order valence-corrected chi connectivity index (χ1v) is 6.42. The van der Waals surface area contributed by atoms with Crippen molar-refractivity contribution in [3.63, 3.8) is 0 Å². The quantitative estimate of drug-likeness (QED) is 0.769. The second-order valence-electron chi connectivity index (χ2n) is 4.75. The molecule has 96 valence electrons. The van der Waals surface area contributed by atoms with Gasteiger partial charge in [-0.05, 0) is 31.4 Å². The predicted molar refractivity (Wildman–Crippen MR) is 78.2 cm³/mol. The Morgan fingerprint density at radius 3 is 2.95 bits per heavy atom. The molecular weight excluding hydrogens is 236 g/mol. The third-order valence-electron chi connectivity index (χ3n) is 3.49. The molecule has 0 saturated heterocycles. The van der Waals surface area contributed by atoms with Crippen molar-refractivity contribution in [1.29, 1.82) is 5.41 Å². The van der Waals surface area contributed by atoms with Crippen molar-refractivity contribution >= 4 is 22.2 Å². The molecule has 1 fully saturated rings. The fourth-order valence-corrected chi connectivity index (χ4v) is 2.49. The Hall–Kier alpha value is -2.36. The molecule has 4 nitrogen and oxygen atoms in total. The second kappa shape index (κ2) is 4.72. The van der Waals surface area contributed by atoms with Gasteiger partial charge in [0.2, 0.25) is 0 Å². The van der Waals surface area contributed by atoms with Gasteiger partial charge in [0.15, 0.2) is 0 Å². The average molecular weight is 252 g/mol. The maximum atomic E-state index is 7.88. The van der Waals surface area contributed by atoms with Crippen LogP contribution in [-0.4, -0.2) is 10.7 Å². The lowest BCUT2D eigenvalue weighted by molar-refractivity contribution is 0.938. The molecule has 0 atom stereocenters. The van der Waals surface area contributed by atoms with Gasteiger partial charge < -0.3 is 16.5 Å². The maximum absolute atomic E-state index is 7.88. The van der Waals surface area contributed by atoms with Crippen LogP contribution in [0.1, 0.15) is 19.3 Å². The summed E-state index contributed by atoms with van der Waals surface area (Å²) in [6.45, 7) is 0. The van der Waals surface area contributed by atoms with Gasteiger partial charge >= 0.3 is 0 Å². The first-order valence-electron chi connectivity index (χ1n) is 6.42. The molecule has 19 heavy (non-hydrogen) atoms. The van der Waals surface area contributed by atoms with Crippen molar-refractivity contribution in [2.45, 2.75) is 19.3 Å². The summed E-state index contributed by atoms with van der Waals surface area (Å²) < 4.78 is 0. The van der Waals surface area contributed by atoms with E-state index in [1.165, 1.54) is 0 Å². The van der Waals surface area contributed by atoms with Gasteiger partial charge in [0, 0.05) is 40.1 Å². The van der Waals surface area contributed by atoms with Crippen LogP contribution in [0, 0.1) is 5.41 Å². The minimum atomic E-state index is 0.604. The van der Waals surface area contributed by atoms with Crippen LogP contribution in [0.15, 0.2) is 48.1 Å². The lowest BCUT2D eigenvalue weighted by Crippen LogP contribution is -2.14. The zero-order valence-corrected chi connectivity index (χ0v) is 10.6. The molecule has 1 aliphatic carbocycles. The van der Waals surface area contributed by atoms with Crippen molar-refractivity contribution in [3.05, 3.63) is 48.1 Å². The highest BCUT2D eigenvalue weighted by atomic mass is 15.0. The normalized spacial score (nSPS) is 17.8. The molecule has 0 amide bonds. The molecule has 0 radical (unpaired) electrons. The summed E-state index contributed by atoms with van der Waals surface area (Å²) in [5.74, 6) is 0.604. The van der Waals surface area contributed by atoms with Crippen molar-refractivity contribution in [2.75, 3.05) is 5.32 Å². The molecule has 3 rings (SSSR count). The van der Waals surface area contributed by atoms with Gasteiger partial charge in [-0.25, -0.2) is 0 Å². The molecule has 2 aromatic rings. The van der Waals surface area contributed by atoms with Crippen LogP contribution in [0.2, 0.25) is 0 Å². The third-order valence-corrected chi connectivity index (χ3v) is 3.49. The van der Waals surface area contributed by atoms with Gasteiger partial charge in [-0.15, -0.1) is 0 Å². The maximum Gasteiger partial charge on any atom is 0.106 e. The number of hydrogen-bond donors (Lipinski definition) is 3. The van der Waals surface area contributed by atoms with Gasteiger partial charge in [-0.3, -0.25) is 4.98 Å². The van der Waals surface area contributed by atoms with Gasteiger partial charge in [-0.1, -0.05) is 12.1 Å². The van der Waals surface area contributed by atoms with Crippen LogP contribution < -0.4 is 11.1 Å². The molecule has 4 N–H and O–H groups in total. The van der Waals surface area contributed by atoms with Gasteiger partial charge in [0.05, 0.1) is 0 Å². The third kappa shape index (κ3) is 2.17. The number of rotatable bonds is 2. The highest BCUT2D eigenvalue weighted by Gasteiger charge is 2.17. The Kier molecular flexibility index (Phi) is 2.91. The molecule has 1 aromatic carbocycles. The molecule has 1 aromatic heterocycles. The van der Waals surface area contributed by atoms with E-state index >= 15 is 0 Å². The summed E-state index contributed by atoms with van der Waals surface area (Å²) in [6, 6.07) is 7.96. The Morgan fingerprint density at radius 2 is 2.16 bits per heavy atom. The summed E-state index contributed by atoms with van der Waals surface area (Å²) in [4.78, 5) is 4.12. The Balaban J connectivity index is 2.00. The topological polar surface area (TPSA) is 74.8 Å². The lowest BCUT2D eigenvalue weighted by atomic mass is 10.1. The van der Waals surface area contributed by atoms with E-state index in [9.17, 15) is 0 Å². The molecule has 1 saturated carbocycles. The summed E-state index contributed by atoms with van der Waals surface area (Å²) in [6.07, 6.45) is 6.35. The Labute approximate surface area is 111 Å². The monoisotopic (exact) mass is 252 g/mol.